The third-order valence-corrected chi connectivity index (χ3v) is 5.42. The van der Waals surface area contributed by atoms with Crippen molar-refractivity contribution in [1.82, 2.24) is 0 Å². The van der Waals surface area contributed by atoms with Crippen LogP contribution < -0.4 is 0 Å². The molecular weight excluding hydrogens is 312 g/mol. The zero-order valence-electron chi connectivity index (χ0n) is 18.3. The highest BCUT2D eigenvalue weighted by Crippen LogP contribution is 2.13. The molecule has 0 fully saturated rings. The Morgan fingerprint density at radius 2 is 0.731 bits per heavy atom. The van der Waals surface area contributed by atoms with E-state index in [1.165, 1.54) is 135 Å². The van der Waals surface area contributed by atoms with Crippen LogP contribution >= 0.6 is 0 Å². The molecule has 0 spiro atoms. The Balaban J connectivity index is 3.05. The molecule has 0 heterocycles. The van der Waals surface area contributed by atoms with Crippen LogP contribution in [0.1, 0.15) is 142 Å². The van der Waals surface area contributed by atoms with Crippen LogP contribution in [0.5, 0.6) is 0 Å². The van der Waals surface area contributed by atoms with Gasteiger partial charge in [0.05, 0.1) is 0 Å². The average molecular weight is 363 g/mol. The summed E-state index contributed by atoms with van der Waals surface area (Å²) in [6.07, 6.45) is 36.4. The first kappa shape index (κ1) is 25.5. The maximum atomic E-state index is 3.78. The molecule has 0 rings (SSSR count). The minimum atomic E-state index is 1.19. The van der Waals surface area contributed by atoms with E-state index in [1.54, 1.807) is 0 Å². The zero-order valence-corrected chi connectivity index (χ0v) is 18.3. The normalized spacial score (nSPS) is 11.4. The standard InChI is InChI=1S/C26H50/c1-3-5-7-9-11-13-15-17-19-21-23-25-26-24-22-20-18-16-14-12-10-8-6-4-2/h3,19,21H,1,4-18,20,22-26H2,2H3. The Morgan fingerprint density at radius 3 is 1.08 bits per heavy atom. The number of allylic oxidation sites excluding steroid dienone is 3. The third kappa shape index (κ3) is 23.5. The second-order valence-electron chi connectivity index (χ2n) is 8.14. The van der Waals surface area contributed by atoms with Gasteiger partial charge in [-0.3, -0.25) is 0 Å². The van der Waals surface area contributed by atoms with Gasteiger partial charge >= 0.3 is 0 Å². The molecule has 0 nitrogen and oxygen atoms in total. The SMILES string of the molecule is C=CCCCCCCCC=CCCCCCCCCCCCCCCC. The Morgan fingerprint density at radius 1 is 0.423 bits per heavy atom. The van der Waals surface area contributed by atoms with Crippen molar-refractivity contribution in [2.75, 3.05) is 0 Å². The average Bonchev–Trinajstić information content (AvgIpc) is 2.66. The first-order chi connectivity index (χ1) is 12.9. The number of unbranched alkanes of at least 4 members (excludes halogenated alkanes) is 19. The molecule has 0 saturated carbocycles. The quantitative estimate of drug-likeness (QED) is 0.133. The molecule has 26 heavy (non-hydrogen) atoms. The third-order valence-electron chi connectivity index (χ3n) is 5.42. The first-order valence-electron chi connectivity index (χ1n) is 12.2. The number of hydrogen-bond donors (Lipinski definition) is 0. The molecule has 0 aliphatic carbocycles. The molecule has 154 valence electrons. The van der Waals surface area contributed by atoms with E-state index in [2.05, 4.69) is 25.7 Å². The molecule has 0 aromatic heterocycles. The summed E-state index contributed by atoms with van der Waals surface area (Å²) in [6, 6.07) is 0. The fourth-order valence-corrected chi connectivity index (χ4v) is 3.60. The Bertz CT molecular complexity index is 276. The summed E-state index contributed by atoms with van der Waals surface area (Å²) < 4.78 is 0. The van der Waals surface area contributed by atoms with Crippen LogP contribution in [0.25, 0.3) is 0 Å². The fourth-order valence-electron chi connectivity index (χ4n) is 3.60. The molecule has 0 aromatic carbocycles. The van der Waals surface area contributed by atoms with Crippen molar-refractivity contribution in [3.05, 3.63) is 24.8 Å². The van der Waals surface area contributed by atoms with Gasteiger partial charge in [0.1, 0.15) is 0 Å². The molecule has 0 aliphatic heterocycles. The van der Waals surface area contributed by atoms with Crippen molar-refractivity contribution in [2.45, 2.75) is 142 Å². The van der Waals surface area contributed by atoms with Crippen LogP contribution in [-0.4, -0.2) is 0 Å². The number of rotatable bonds is 22. The summed E-state index contributed by atoms with van der Waals surface area (Å²) in [7, 11) is 0. The van der Waals surface area contributed by atoms with Crippen molar-refractivity contribution < 1.29 is 0 Å². The monoisotopic (exact) mass is 362 g/mol. The molecule has 0 aliphatic rings. The molecule has 0 saturated heterocycles. The predicted molar refractivity (Wildman–Crippen MR) is 122 cm³/mol. The highest BCUT2D eigenvalue weighted by molar-refractivity contribution is 4.81. The van der Waals surface area contributed by atoms with Gasteiger partial charge in [-0.15, -0.1) is 6.58 Å². The van der Waals surface area contributed by atoms with Gasteiger partial charge in [0.25, 0.3) is 0 Å². The highest BCUT2D eigenvalue weighted by Gasteiger charge is 1.93. The van der Waals surface area contributed by atoms with Gasteiger partial charge in [-0.05, 0) is 38.5 Å². The van der Waals surface area contributed by atoms with E-state index in [1.807, 2.05) is 6.08 Å². The van der Waals surface area contributed by atoms with Crippen molar-refractivity contribution in [2.24, 2.45) is 0 Å². The van der Waals surface area contributed by atoms with E-state index in [4.69, 9.17) is 0 Å². The van der Waals surface area contributed by atoms with E-state index in [9.17, 15) is 0 Å². The van der Waals surface area contributed by atoms with E-state index < -0.39 is 0 Å². The van der Waals surface area contributed by atoms with Gasteiger partial charge in [-0.2, -0.15) is 0 Å². The fraction of sp³-hybridized carbons (Fsp3) is 0.846. The first-order valence-corrected chi connectivity index (χ1v) is 12.2. The van der Waals surface area contributed by atoms with Gasteiger partial charge in [-0.25, -0.2) is 0 Å². The molecule has 0 radical (unpaired) electrons. The Hall–Kier alpha value is -0.520. The summed E-state index contributed by atoms with van der Waals surface area (Å²) >= 11 is 0. The van der Waals surface area contributed by atoms with Gasteiger partial charge in [-0.1, -0.05) is 121 Å². The van der Waals surface area contributed by atoms with Crippen LogP contribution in [0.4, 0.5) is 0 Å². The maximum Gasteiger partial charge on any atom is -0.0351 e. The molecule has 0 aromatic rings. The molecule has 0 bridgehead atoms. The second kappa shape index (κ2) is 24.5. The molecule has 0 atom stereocenters. The minimum Gasteiger partial charge on any atom is -0.103 e. The van der Waals surface area contributed by atoms with E-state index in [0.29, 0.717) is 0 Å². The lowest BCUT2D eigenvalue weighted by Crippen LogP contribution is -1.82. The van der Waals surface area contributed by atoms with Gasteiger partial charge < -0.3 is 0 Å². The van der Waals surface area contributed by atoms with Gasteiger partial charge in [0, 0.05) is 0 Å². The zero-order chi connectivity index (χ0) is 19.0. The maximum absolute atomic E-state index is 3.78. The summed E-state index contributed by atoms with van der Waals surface area (Å²) in [4.78, 5) is 0. The van der Waals surface area contributed by atoms with E-state index in [0.717, 1.165) is 0 Å². The van der Waals surface area contributed by atoms with Crippen LogP contribution in [0.3, 0.4) is 0 Å². The van der Waals surface area contributed by atoms with Crippen LogP contribution in [0.15, 0.2) is 24.8 Å². The lowest BCUT2D eigenvalue weighted by atomic mass is 10.0. The number of hydrogen-bond acceptors (Lipinski definition) is 0. The molecular formula is C26H50. The van der Waals surface area contributed by atoms with Gasteiger partial charge in [0.2, 0.25) is 0 Å². The summed E-state index contributed by atoms with van der Waals surface area (Å²) in [6.45, 7) is 6.07. The lowest BCUT2D eigenvalue weighted by Gasteiger charge is -2.02. The highest BCUT2D eigenvalue weighted by atomic mass is 14.0. The molecule has 0 N–H and O–H groups in total. The van der Waals surface area contributed by atoms with Crippen LogP contribution in [0.2, 0.25) is 0 Å². The topological polar surface area (TPSA) is 0 Å². The smallest absolute Gasteiger partial charge is 0.0351 e. The lowest BCUT2D eigenvalue weighted by molar-refractivity contribution is 0.540. The van der Waals surface area contributed by atoms with Crippen molar-refractivity contribution in [3.8, 4) is 0 Å². The van der Waals surface area contributed by atoms with E-state index >= 15 is 0 Å². The summed E-state index contributed by atoms with van der Waals surface area (Å²) in [5.41, 5.74) is 0. The summed E-state index contributed by atoms with van der Waals surface area (Å²) in [5.74, 6) is 0. The van der Waals surface area contributed by atoms with Crippen molar-refractivity contribution in [1.29, 1.82) is 0 Å². The largest absolute Gasteiger partial charge is 0.103 e. The second-order valence-corrected chi connectivity index (χ2v) is 8.14. The summed E-state index contributed by atoms with van der Waals surface area (Å²) in [5, 5.41) is 0. The minimum absolute atomic E-state index is 1.19. The predicted octanol–water partition coefficient (Wildman–Crippen LogP) is 9.94. The van der Waals surface area contributed by atoms with E-state index in [-0.39, 0.29) is 0 Å². The van der Waals surface area contributed by atoms with Gasteiger partial charge in [0.15, 0.2) is 0 Å². The van der Waals surface area contributed by atoms with Crippen LogP contribution in [-0.2, 0) is 0 Å². The molecule has 0 unspecified atom stereocenters. The van der Waals surface area contributed by atoms with Crippen molar-refractivity contribution >= 4 is 0 Å². The molecule has 0 heteroatoms. The Labute approximate surface area is 166 Å². The van der Waals surface area contributed by atoms with Crippen molar-refractivity contribution in [3.63, 3.8) is 0 Å². The molecule has 0 amide bonds. The Kier molecular flexibility index (Phi) is 24.0. The van der Waals surface area contributed by atoms with Crippen LogP contribution in [0, 0.1) is 0 Å².